The molecule has 1 N–H and O–H groups in total. The van der Waals surface area contributed by atoms with Crippen LogP contribution in [0.5, 0.6) is 5.75 Å². The Balaban J connectivity index is 1.39. The molecule has 1 aliphatic heterocycles. The molecule has 8 heteroatoms. The van der Waals surface area contributed by atoms with Crippen molar-refractivity contribution in [1.82, 2.24) is 29.4 Å². The van der Waals surface area contributed by atoms with Gasteiger partial charge in [-0.1, -0.05) is 53.7 Å². The normalized spacial score (nSPS) is 13.2. The average Bonchev–Trinajstić information content (AvgIpc) is 3.51. The largest absolute Gasteiger partial charge is 0.486 e. The van der Waals surface area contributed by atoms with E-state index >= 15 is 0 Å². The quantitative estimate of drug-likeness (QED) is 0.381. The Labute approximate surface area is 218 Å². The highest BCUT2D eigenvalue weighted by Crippen LogP contribution is 2.30. The van der Waals surface area contributed by atoms with Gasteiger partial charge in [0.25, 0.3) is 5.56 Å². The summed E-state index contributed by atoms with van der Waals surface area (Å²) >= 11 is 0. The van der Waals surface area contributed by atoms with Gasteiger partial charge in [0.1, 0.15) is 12.1 Å². The molecule has 0 unspecified atom stereocenters. The van der Waals surface area contributed by atoms with Crippen LogP contribution in [0.25, 0.3) is 33.3 Å². The number of ether oxygens (including phenoxy) is 1. The Kier molecular flexibility index (Phi) is 5.33. The summed E-state index contributed by atoms with van der Waals surface area (Å²) in [7, 11) is 2.09. The number of nitrogens with one attached hydrogen (secondary N) is 1. The second kappa shape index (κ2) is 9.00. The lowest BCUT2D eigenvalue weighted by molar-refractivity contribution is 0.303. The topological polar surface area (TPSA) is 78.9 Å². The minimum atomic E-state index is -0.230. The van der Waals surface area contributed by atoms with Crippen LogP contribution in [0, 0.1) is 0 Å². The van der Waals surface area contributed by atoms with Gasteiger partial charge in [0.05, 0.1) is 16.7 Å². The fourth-order valence-corrected chi connectivity index (χ4v) is 5.42. The molecular weight excluding hydrogens is 476 g/mol. The maximum absolute atomic E-state index is 14.1. The molecule has 0 spiro atoms. The van der Waals surface area contributed by atoms with Crippen molar-refractivity contribution in [2.75, 3.05) is 6.54 Å². The summed E-state index contributed by atoms with van der Waals surface area (Å²) in [6.45, 7) is 2.17. The molecule has 0 fully saturated rings. The predicted molar refractivity (Wildman–Crippen MR) is 147 cm³/mol. The van der Waals surface area contributed by atoms with Gasteiger partial charge in [-0.3, -0.25) is 9.36 Å². The number of hydrogen-bond acceptors (Lipinski definition) is 5. The van der Waals surface area contributed by atoms with Gasteiger partial charge in [-0.25, -0.2) is 4.68 Å². The number of para-hydroxylation sites is 1. The molecule has 0 saturated heterocycles. The lowest BCUT2D eigenvalue weighted by Crippen LogP contribution is -2.24. The summed E-state index contributed by atoms with van der Waals surface area (Å²) in [5.41, 5.74) is 7.15. The number of hydrogen-bond donors (Lipinski definition) is 1. The second-order valence-electron chi connectivity index (χ2n) is 9.58. The summed E-state index contributed by atoms with van der Waals surface area (Å²) in [6, 6.07) is 25.6. The molecule has 38 heavy (non-hydrogen) atoms. The summed E-state index contributed by atoms with van der Waals surface area (Å²) in [5.74, 6) is 0.451. The van der Waals surface area contributed by atoms with Gasteiger partial charge in [0.2, 0.25) is 0 Å². The first-order valence-corrected chi connectivity index (χ1v) is 12.7. The molecule has 0 atom stereocenters. The van der Waals surface area contributed by atoms with Crippen molar-refractivity contribution in [2.45, 2.75) is 19.6 Å². The smallest absolute Gasteiger partial charge is 0.284 e. The molecule has 0 aliphatic carbocycles. The monoisotopic (exact) mass is 502 g/mol. The zero-order chi connectivity index (χ0) is 25.6. The Hall–Kier alpha value is -4.69. The van der Waals surface area contributed by atoms with Crippen molar-refractivity contribution >= 4 is 21.9 Å². The number of fused-ring (bicyclic) bond motifs is 4. The Morgan fingerprint density at radius 2 is 1.82 bits per heavy atom. The fourth-order valence-electron chi connectivity index (χ4n) is 5.42. The van der Waals surface area contributed by atoms with Crippen LogP contribution in [0.1, 0.15) is 16.8 Å². The molecule has 188 valence electrons. The van der Waals surface area contributed by atoms with Gasteiger partial charge < -0.3 is 14.6 Å². The van der Waals surface area contributed by atoms with Gasteiger partial charge in [0, 0.05) is 30.9 Å². The molecule has 3 aromatic carbocycles. The summed E-state index contributed by atoms with van der Waals surface area (Å²) in [6.07, 6.45) is 2.78. The number of nitrogens with zero attached hydrogens (tertiary/aromatic N) is 5. The number of aryl methyl sites for hydroxylation is 1. The van der Waals surface area contributed by atoms with Gasteiger partial charge >= 0.3 is 0 Å². The second-order valence-corrected chi connectivity index (χ2v) is 9.58. The van der Waals surface area contributed by atoms with E-state index in [4.69, 9.17) is 4.74 Å². The fraction of sp³-hybridized carbons (Fsp3) is 0.167. The minimum Gasteiger partial charge on any atom is -0.486 e. The van der Waals surface area contributed by atoms with Crippen LogP contribution in [0.4, 0.5) is 0 Å². The summed E-state index contributed by atoms with van der Waals surface area (Å²) in [5, 5.41) is 13.3. The minimum absolute atomic E-state index is 0.230. The van der Waals surface area contributed by atoms with E-state index in [9.17, 15) is 4.79 Å². The van der Waals surface area contributed by atoms with Crippen LogP contribution < -0.4 is 15.6 Å². The van der Waals surface area contributed by atoms with E-state index in [1.165, 1.54) is 16.6 Å². The molecule has 4 heterocycles. The van der Waals surface area contributed by atoms with E-state index < -0.39 is 0 Å². The van der Waals surface area contributed by atoms with E-state index in [1.807, 2.05) is 66.7 Å². The molecule has 0 radical (unpaired) electrons. The van der Waals surface area contributed by atoms with Crippen molar-refractivity contribution in [2.24, 2.45) is 7.05 Å². The molecular formula is C30H26N6O2. The maximum Gasteiger partial charge on any atom is 0.284 e. The van der Waals surface area contributed by atoms with E-state index in [0.717, 1.165) is 41.8 Å². The molecule has 7 rings (SSSR count). The third-order valence-electron chi connectivity index (χ3n) is 7.37. The number of aromatic nitrogens is 5. The maximum atomic E-state index is 14.1. The van der Waals surface area contributed by atoms with Gasteiger partial charge in [0.15, 0.2) is 11.4 Å². The van der Waals surface area contributed by atoms with Gasteiger partial charge in [-0.05, 0) is 54.4 Å². The average molecular weight is 503 g/mol. The molecule has 0 bridgehead atoms. The van der Waals surface area contributed by atoms with Crippen LogP contribution in [-0.4, -0.2) is 30.7 Å². The van der Waals surface area contributed by atoms with Crippen LogP contribution in [0.3, 0.4) is 0 Å². The first-order valence-electron chi connectivity index (χ1n) is 12.7. The Morgan fingerprint density at radius 3 is 2.71 bits per heavy atom. The molecule has 3 aromatic heterocycles. The first kappa shape index (κ1) is 22.5. The van der Waals surface area contributed by atoms with Crippen LogP contribution in [-0.2, 0) is 26.6 Å². The SMILES string of the molecule is Cn1c2c(c3ccc(-n4ccc(OCc5ccccc5)c(-n5nnc6ccccc65)c4=O)cc31)CCNC2. The van der Waals surface area contributed by atoms with Crippen LogP contribution in [0.2, 0.25) is 0 Å². The highest BCUT2D eigenvalue weighted by molar-refractivity contribution is 5.87. The lowest BCUT2D eigenvalue weighted by Gasteiger charge is -2.15. The zero-order valence-electron chi connectivity index (χ0n) is 21.0. The summed E-state index contributed by atoms with van der Waals surface area (Å²) in [4.78, 5) is 14.1. The number of pyridine rings is 1. The van der Waals surface area contributed by atoms with E-state index in [-0.39, 0.29) is 5.56 Å². The van der Waals surface area contributed by atoms with Crippen LogP contribution >= 0.6 is 0 Å². The lowest BCUT2D eigenvalue weighted by atomic mass is 10.0. The van der Waals surface area contributed by atoms with E-state index in [2.05, 4.69) is 39.4 Å². The molecule has 1 aliphatic rings. The summed E-state index contributed by atoms with van der Waals surface area (Å²) < 4.78 is 11.7. The number of rotatable bonds is 5. The zero-order valence-corrected chi connectivity index (χ0v) is 21.0. The van der Waals surface area contributed by atoms with Crippen molar-refractivity contribution in [3.05, 3.63) is 112 Å². The van der Waals surface area contributed by atoms with Crippen molar-refractivity contribution in [3.8, 4) is 17.1 Å². The third kappa shape index (κ3) is 3.61. The van der Waals surface area contributed by atoms with Gasteiger partial charge in [-0.2, -0.15) is 0 Å². The van der Waals surface area contributed by atoms with Crippen molar-refractivity contribution < 1.29 is 4.74 Å². The Bertz CT molecular complexity index is 1870. The molecule has 0 saturated carbocycles. The van der Waals surface area contributed by atoms with E-state index in [1.54, 1.807) is 15.4 Å². The highest BCUT2D eigenvalue weighted by atomic mass is 16.5. The van der Waals surface area contributed by atoms with Gasteiger partial charge in [-0.15, -0.1) is 5.10 Å². The van der Waals surface area contributed by atoms with Crippen LogP contribution in [0.15, 0.2) is 89.9 Å². The first-order chi connectivity index (χ1) is 18.7. The third-order valence-corrected chi connectivity index (χ3v) is 7.37. The highest BCUT2D eigenvalue weighted by Gasteiger charge is 2.21. The molecule has 8 nitrogen and oxygen atoms in total. The standard InChI is InChI=1S/C30H26N6O2/c1-34-26-17-21(11-12-22(26)23-13-15-31-18-27(23)34)35-16-14-28(38-19-20-7-3-2-4-8-20)29(30(35)37)36-25-10-6-5-9-24(25)32-33-36/h2-12,14,16-17,31H,13,15,18-19H2,1H3. The van der Waals surface area contributed by atoms with E-state index in [0.29, 0.717) is 23.6 Å². The predicted octanol–water partition coefficient (Wildman–Crippen LogP) is 4.29. The molecule has 6 aromatic rings. The van der Waals surface area contributed by atoms with Crippen molar-refractivity contribution in [3.63, 3.8) is 0 Å². The van der Waals surface area contributed by atoms with Crippen molar-refractivity contribution in [1.29, 1.82) is 0 Å². The Morgan fingerprint density at radius 1 is 0.974 bits per heavy atom. The number of benzene rings is 3. The molecule has 0 amide bonds.